The van der Waals surface area contributed by atoms with E-state index in [0.29, 0.717) is 26.3 Å². The summed E-state index contributed by atoms with van der Waals surface area (Å²) in [5, 5.41) is 14.0. The molecule has 1 unspecified atom stereocenters. The Bertz CT molecular complexity index is 927. The molecule has 28 heavy (non-hydrogen) atoms. The summed E-state index contributed by atoms with van der Waals surface area (Å²) in [6, 6.07) is 13.7. The Hall–Kier alpha value is -3.03. The fraction of sp³-hybridized carbons (Fsp3) is 0.286. The van der Waals surface area contributed by atoms with Crippen LogP contribution < -0.4 is 0 Å². The predicted octanol–water partition coefficient (Wildman–Crippen LogP) is 2.61. The highest BCUT2D eigenvalue weighted by atomic mass is 16.5. The van der Waals surface area contributed by atoms with E-state index in [1.807, 2.05) is 53.3 Å². The lowest BCUT2D eigenvalue weighted by atomic mass is 10.1. The maximum Gasteiger partial charge on any atom is 0.305 e. The molecule has 1 N–H and O–H groups in total. The van der Waals surface area contributed by atoms with E-state index in [1.54, 1.807) is 12.4 Å². The topological polar surface area (TPSA) is 80.5 Å². The van der Waals surface area contributed by atoms with Crippen molar-refractivity contribution in [2.24, 2.45) is 0 Å². The van der Waals surface area contributed by atoms with Crippen LogP contribution in [0.2, 0.25) is 0 Å². The van der Waals surface area contributed by atoms with Crippen LogP contribution in [0.5, 0.6) is 0 Å². The Balaban J connectivity index is 1.68. The van der Waals surface area contributed by atoms with Gasteiger partial charge < -0.3 is 9.84 Å². The Morgan fingerprint density at radius 3 is 2.71 bits per heavy atom. The second-order valence-corrected chi connectivity index (χ2v) is 6.82. The first kappa shape index (κ1) is 18.3. The quantitative estimate of drug-likeness (QED) is 0.710. The first-order valence-corrected chi connectivity index (χ1v) is 9.28. The van der Waals surface area contributed by atoms with Gasteiger partial charge in [0.1, 0.15) is 0 Å². The van der Waals surface area contributed by atoms with Gasteiger partial charge in [-0.05, 0) is 24.3 Å². The average Bonchev–Trinajstić information content (AvgIpc) is 3.14. The van der Waals surface area contributed by atoms with Gasteiger partial charge in [0.15, 0.2) is 0 Å². The number of pyridine rings is 1. The molecule has 1 saturated heterocycles. The number of carboxylic acid groups (broad SMARTS) is 1. The number of ether oxygens (including phenoxy) is 1. The second kappa shape index (κ2) is 8.33. The fourth-order valence-corrected chi connectivity index (χ4v) is 3.50. The molecule has 1 aliphatic rings. The average molecular weight is 378 g/mol. The molecule has 1 fully saturated rings. The van der Waals surface area contributed by atoms with E-state index in [1.165, 1.54) is 0 Å². The van der Waals surface area contributed by atoms with Crippen molar-refractivity contribution in [2.75, 3.05) is 19.8 Å². The normalized spacial score (nSPS) is 17.5. The standard InChI is InChI=1S/C21H22N4O3/c26-20(27)12-19-15-28-11-10-24(19)13-17-14-25(18-4-2-1-3-5-18)23-21(17)16-6-8-22-9-7-16/h1-9,14,19H,10-13,15H2,(H,26,27). The van der Waals surface area contributed by atoms with Crippen molar-refractivity contribution >= 4 is 5.97 Å². The molecule has 2 aromatic heterocycles. The van der Waals surface area contributed by atoms with Crippen molar-refractivity contribution in [2.45, 2.75) is 19.0 Å². The number of carbonyl (C=O) groups is 1. The summed E-state index contributed by atoms with van der Waals surface area (Å²) < 4.78 is 7.38. The molecule has 0 amide bonds. The molecule has 1 atom stereocenters. The van der Waals surface area contributed by atoms with Gasteiger partial charge in [-0.1, -0.05) is 18.2 Å². The van der Waals surface area contributed by atoms with Crippen LogP contribution in [0.1, 0.15) is 12.0 Å². The van der Waals surface area contributed by atoms with E-state index in [2.05, 4.69) is 9.88 Å². The molecule has 1 aromatic carbocycles. The van der Waals surface area contributed by atoms with Crippen LogP contribution in [-0.4, -0.2) is 56.5 Å². The lowest BCUT2D eigenvalue weighted by molar-refractivity contribution is -0.140. The van der Waals surface area contributed by atoms with Crippen LogP contribution in [0.15, 0.2) is 61.1 Å². The number of para-hydroxylation sites is 1. The predicted molar refractivity (Wildman–Crippen MR) is 104 cm³/mol. The summed E-state index contributed by atoms with van der Waals surface area (Å²) in [6.07, 6.45) is 5.60. The molecule has 3 heterocycles. The number of benzene rings is 1. The molecule has 7 nitrogen and oxygen atoms in total. The first-order chi connectivity index (χ1) is 13.7. The lowest BCUT2D eigenvalue weighted by Crippen LogP contribution is -2.45. The largest absolute Gasteiger partial charge is 0.481 e. The summed E-state index contributed by atoms with van der Waals surface area (Å²) in [4.78, 5) is 17.5. The van der Waals surface area contributed by atoms with Crippen LogP contribution in [0.25, 0.3) is 16.9 Å². The molecule has 144 valence electrons. The van der Waals surface area contributed by atoms with E-state index in [0.717, 1.165) is 22.5 Å². The van der Waals surface area contributed by atoms with Crippen LogP contribution in [0, 0.1) is 0 Å². The highest BCUT2D eigenvalue weighted by Crippen LogP contribution is 2.26. The number of aliphatic carboxylic acids is 1. The van der Waals surface area contributed by atoms with Gasteiger partial charge in [0.2, 0.25) is 0 Å². The van der Waals surface area contributed by atoms with Gasteiger partial charge in [-0.3, -0.25) is 14.7 Å². The van der Waals surface area contributed by atoms with Crippen molar-refractivity contribution in [3.05, 3.63) is 66.6 Å². The molecule has 0 aliphatic carbocycles. The number of carboxylic acids is 1. The fourth-order valence-electron chi connectivity index (χ4n) is 3.50. The maximum atomic E-state index is 11.2. The van der Waals surface area contributed by atoms with Crippen molar-refractivity contribution in [1.29, 1.82) is 0 Å². The third kappa shape index (κ3) is 4.11. The van der Waals surface area contributed by atoms with Gasteiger partial charge in [-0.15, -0.1) is 0 Å². The summed E-state index contributed by atoms with van der Waals surface area (Å²) in [5.41, 5.74) is 3.90. The molecule has 1 aliphatic heterocycles. The van der Waals surface area contributed by atoms with Crippen LogP contribution in [0.3, 0.4) is 0 Å². The smallest absolute Gasteiger partial charge is 0.305 e. The van der Waals surface area contributed by atoms with Crippen LogP contribution in [-0.2, 0) is 16.1 Å². The van der Waals surface area contributed by atoms with Gasteiger partial charge >= 0.3 is 5.97 Å². The third-order valence-electron chi connectivity index (χ3n) is 4.90. The van der Waals surface area contributed by atoms with E-state index in [-0.39, 0.29) is 12.5 Å². The monoisotopic (exact) mass is 378 g/mol. The number of rotatable bonds is 6. The minimum atomic E-state index is -0.810. The van der Waals surface area contributed by atoms with Gasteiger partial charge in [0, 0.05) is 48.8 Å². The van der Waals surface area contributed by atoms with Gasteiger partial charge in [0.25, 0.3) is 0 Å². The summed E-state index contributed by atoms with van der Waals surface area (Å²) in [5.74, 6) is -0.810. The highest BCUT2D eigenvalue weighted by molar-refractivity contribution is 5.67. The number of nitrogens with zero attached hydrogens (tertiary/aromatic N) is 4. The van der Waals surface area contributed by atoms with E-state index >= 15 is 0 Å². The molecule has 0 spiro atoms. The van der Waals surface area contributed by atoms with Gasteiger partial charge in [-0.25, -0.2) is 4.68 Å². The van der Waals surface area contributed by atoms with Crippen molar-refractivity contribution < 1.29 is 14.6 Å². The van der Waals surface area contributed by atoms with E-state index in [4.69, 9.17) is 9.84 Å². The van der Waals surface area contributed by atoms with E-state index < -0.39 is 5.97 Å². The SMILES string of the molecule is O=C(O)CC1COCCN1Cc1cn(-c2ccccc2)nc1-c1ccncc1. The Kier molecular flexibility index (Phi) is 5.45. The Labute approximate surface area is 163 Å². The molecule has 3 aromatic rings. The van der Waals surface area contributed by atoms with Crippen molar-refractivity contribution in [3.8, 4) is 16.9 Å². The Morgan fingerprint density at radius 2 is 1.96 bits per heavy atom. The summed E-state index contributed by atoms with van der Waals surface area (Å²) >= 11 is 0. The zero-order valence-corrected chi connectivity index (χ0v) is 15.4. The zero-order valence-electron chi connectivity index (χ0n) is 15.4. The number of aromatic nitrogens is 3. The minimum Gasteiger partial charge on any atom is -0.481 e. The number of morpholine rings is 1. The van der Waals surface area contributed by atoms with Crippen molar-refractivity contribution in [1.82, 2.24) is 19.7 Å². The van der Waals surface area contributed by atoms with Gasteiger partial charge in [-0.2, -0.15) is 5.10 Å². The zero-order chi connectivity index (χ0) is 19.3. The third-order valence-corrected chi connectivity index (χ3v) is 4.90. The first-order valence-electron chi connectivity index (χ1n) is 9.28. The minimum absolute atomic E-state index is 0.0669. The molecule has 0 saturated carbocycles. The second-order valence-electron chi connectivity index (χ2n) is 6.82. The molecular formula is C21H22N4O3. The lowest BCUT2D eigenvalue weighted by Gasteiger charge is -2.34. The summed E-state index contributed by atoms with van der Waals surface area (Å²) in [6.45, 7) is 2.35. The van der Waals surface area contributed by atoms with Gasteiger partial charge in [0.05, 0.1) is 31.0 Å². The maximum absolute atomic E-state index is 11.2. The molecular weight excluding hydrogens is 356 g/mol. The Morgan fingerprint density at radius 1 is 1.18 bits per heavy atom. The van der Waals surface area contributed by atoms with E-state index in [9.17, 15) is 9.90 Å². The molecule has 7 heteroatoms. The number of hydrogen-bond donors (Lipinski definition) is 1. The molecule has 4 rings (SSSR count). The summed E-state index contributed by atoms with van der Waals surface area (Å²) in [7, 11) is 0. The van der Waals surface area contributed by atoms with Crippen LogP contribution >= 0.6 is 0 Å². The van der Waals surface area contributed by atoms with Crippen molar-refractivity contribution in [3.63, 3.8) is 0 Å². The van der Waals surface area contributed by atoms with Crippen LogP contribution in [0.4, 0.5) is 0 Å². The molecule has 0 bridgehead atoms. The number of hydrogen-bond acceptors (Lipinski definition) is 5. The molecule has 0 radical (unpaired) electrons. The highest BCUT2D eigenvalue weighted by Gasteiger charge is 2.27.